The molecule has 48 valence electrons. The van der Waals surface area contributed by atoms with E-state index in [1.54, 1.807) is 0 Å². The topological polar surface area (TPSA) is 88.3 Å². The highest BCUT2D eigenvalue weighted by Crippen LogP contribution is 2.10. The molecule has 1 atom stereocenters. The van der Waals surface area contributed by atoms with Gasteiger partial charge in [0.15, 0.2) is 0 Å². The molecule has 0 aliphatic rings. The first-order valence-corrected chi connectivity index (χ1v) is 1.95. The molecule has 0 saturated heterocycles. The van der Waals surface area contributed by atoms with Gasteiger partial charge < -0.3 is 0 Å². The summed E-state index contributed by atoms with van der Waals surface area (Å²) in [5.74, 6) is 0. The standard InChI is InChI=1S/C3H3N3O3/c1-2(4-7)3(5-8)6-9/h2H,1H2. The van der Waals surface area contributed by atoms with Crippen LogP contribution in [0.25, 0.3) is 0 Å². The van der Waals surface area contributed by atoms with Gasteiger partial charge in [0.05, 0.1) is 0 Å². The zero-order valence-electron chi connectivity index (χ0n) is 4.35. The minimum Gasteiger partial charge on any atom is -0.150 e. The number of hydrogen-bond donors (Lipinski definition) is 0. The van der Waals surface area contributed by atoms with Crippen LogP contribution in [0.15, 0.2) is 15.5 Å². The largest absolute Gasteiger partial charge is 0.311 e. The summed E-state index contributed by atoms with van der Waals surface area (Å²) in [6.45, 7) is 2.99. The van der Waals surface area contributed by atoms with Crippen LogP contribution in [-0.2, 0) is 0 Å². The van der Waals surface area contributed by atoms with Crippen molar-refractivity contribution < 1.29 is 0 Å². The zero-order valence-corrected chi connectivity index (χ0v) is 4.35. The van der Waals surface area contributed by atoms with Crippen molar-refractivity contribution in [1.29, 1.82) is 0 Å². The molecular formula is C3H3N3O3. The second-order valence-corrected chi connectivity index (χ2v) is 1.16. The summed E-state index contributed by atoms with van der Waals surface area (Å²) in [4.78, 5) is 28.6. The normalized spacial score (nSPS) is 12.7. The molecular weight excluding hydrogens is 126 g/mol. The molecule has 0 heterocycles. The molecule has 0 rings (SSSR count). The first-order chi connectivity index (χ1) is 4.26. The molecule has 0 aromatic carbocycles. The van der Waals surface area contributed by atoms with Crippen molar-refractivity contribution in [3.8, 4) is 0 Å². The van der Waals surface area contributed by atoms with Gasteiger partial charge in [-0.3, -0.25) is 0 Å². The minimum atomic E-state index is -1.29. The van der Waals surface area contributed by atoms with E-state index in [9.17, 15) is 14.7 Å². The third kappa shape index (κ3) is 2.02. The molecule has 9 heavy (non-hydrogen) atoms. The van der Waals surface area contributed by atoms with E-state index in [-0.39, 0.29) is 0 Å². The third-order valence-corrected chi connectivity index (χ3v) is 0.612. The lowest BCUT2D eigenvalue weighted by molar-refractivity contribution is 0.762. The predicted octanol–water partition coefficient (Wildman–Crippen LogP) is 0.978. The van der Waals surface area contributed by atoms with Gasteiger partial charge in [-0.15, -0.1) is 9.81 Å². The number of hydrogen-bond acceptors (Lipinski definition) is 6. The van der Waals surface area contributed by atoms with Crippen LogP contribution in [0, 0.1) is 27.8 Å². The molecule has 0 saturated carbocycles. The molecule has 0 aliphatic carbocycles. The van der Waals surface area contributed by atoms with Crippen LogP contribution in [0.3, 0.4) is 0 Å². The van der Waals surface area contributed by atoms with Crippen molar-refractivity contribution in [3.05, 3.63) is 27.8 Å². The summed E-state index contributed by atoms with van der Waals surface area (Å²) in [6.07, 6.45) is -0.731. The predicted molar refractivity (Wildman–Crippen MR) is 29.8 cm³/mol. The lowest BCUT2D eigenvalue weighted by Crippen LogP contribution is -2.05. The Morgan fingerprint density at radius 3 is 1.78 bits per heavy atom. The Bertz CT molecular complexity index is 117. The van der Waals surface area contributed by atoms with Crippen molar-refractivity contribution in [2.24, 2.45) is 15.5 Å². The first-order valence-electron chi connectivity index (χ1n) is 1.95. The molecule has 0 spiro atoms. The van der Waals surface area contributed by atoms with Crippen molar-refractivity contribution in [2.75, 3.05) is 0 Å². The fourth-order valence-corrected chi connectivity index (χ4v) is 0.185. The fraction of sp³-hybridized carbons (Fsp3) is 0.333. The smallest absolute Gasteiger partial charge is 0.150 e. The van der Waals surface area contributed by atoms with Crippen molar-refractivity contribution in [1.82, 2.24) is 0 Å². The average molecular weight is 129 g/mol. The van der Waals surface area contributed by atoms with E-state index in [2.05, 4.69) is 22.5 Å². The van der Waals surface area contributed by atoms with Crippen LogP contribution in [0.4, 0.5) is 0 Å². The third-order valence-electron chi connectivity index (χ3n) is 0.612. The highest BCUT2D eigenvalue weighted by atomic mass is 16.3. The van der Waals surface area contributed by atoms with E-state index in [0.717, 1.165) is 0 Å². The maximum atomic E-state index is 9.53. The van der Waals surface area contributed by atoms with Gasteiger partial charge in [0, 0.05) is 0 Å². The number of nitrogens with zero attached hydrogens (tertiary/aromatic N) is 3. The molecule has 2 radical (unpaired) electrons. The molecule has 1 unspecified atom stereocenters. The van der Waals surface area contributed by atoms with E-state index >= 15 is 0 Å². The Morgan fingerprint density at radius 1 is 1.22 bits per heavy atom. The van der Waals surface area contributed by atoms with Gasteiger partial charge >= 0.3 is 6.17 Å². The van der Waals surface area contributed by atoms with Gasteiger partial charge in [-0.1, -0.05) is 5.18 Å². The highest BCUT2D eigenvalue weighted by molar-refractivity contribution is 4.97. The summed E-state index contributed by atoms with van der Waals surface area (Å²) in [6, 6.07) is -1.29. The Hall–Kier alpha value is -1.20. The fourth-order valence-electron chi connectivity index (χ4n) is 0.185. The quantitative estimate of drug-likeness (QED) is 0.530. The summed E-state index contributed by atoms with van der Waals surface area (Å²) in [7, 11) is 0. The van der Waals surface area contributed by atoms with E-state index in [4.69, 9.17) is 0 Å². The van der Waals surface area contributed by atoms with Crippen molar-refractivity contribution in [2.45, 2.75) is 6.04 Å². The van der Waals surface area contributed by atoms with Crippen LogP contribution in [0.5, 0.6) is 0 Å². The van der Waals surface area contributed by atoms with Gasteiger partial charge in [-0.05, 0) is 17.3 Å². The second-order valence-electron chi connectivity index (χ2n) is 1.16. The summed E-state index contributed by atoms with van der Waals surface area (Å²) >= 11 is 0. The van der Waals surface area contributed by atoms with Gasteiger partial charge in [-0.2, -0.15) is 4.91 Å². The molecule has 0 bridgehead atoms. The Kier molecular flexibility index (Phi) is 3.26. The molecule has 0 N–H and O–H groups in total. The zero-order chi connectivity index (χ0) is 7.28. The van der Waals surface area contributed by atoms with Crippen LogP contribution in [0.2, 0.25) is 0 Å². The lowest BCUT2D eigenvalue weighted by Gasteiger charge is -1.95. The number of rotatable bonds is 4. The average Bonchev–Trinajstić information content (AvgIpc) is 1.90. The number of nitroso groups, excluding NO2 is 3. The minimum absolute atomic E-state index is 0.731. The van der Waals surface area contributed by atoms with E-state index < -0.39 is 12.2 Å². The van der Waals surface area contributed by atoms with E-state index in [1.165, 1.54) is 0 Å². The molecule has 0 aliphatic heterocycles. The SMILES string of the molecule is [CH2]C(N=O)[C](N=O)N=O. The van der Waals surface area contributed by atoms with Gasteiger partial charge in [0.25, 0.3) is 0 Å². The highest BCUT2D eigenvalue weighted by Gasteiger charge is 2.20. The molecule has 0 fully saturated rings. The van der Waals surface area contributed by atoms with Crippen molar-refractivity contribution >= 4 is 0 Å². The Labute approximate surface area is 50.6 Å². The van der Waals surface area contributed by atoms with Crippen LogP contribution in [-0.4, -0.2) is 6.04 Å². The molecule has 0 aromatic rings. The van der Waals surface area contributed by atoms with Crippen molar-refractivity contribution in [3.63, 3.8) is 0 Å². The molecule has 0 aromatic heterocycles. The van der Waals surface area contributed by atoms with Crippen LogP contribution < -0.4 is 0 Å². The summed E-state index contributed by atoms with van der Waals surface area (Å²) in [5.41, 5.74) is 0. The van der Waals surface area contributed by atoms with Crippen LogP contribution in [0.1, 0.15) is 0 Å². The van der Waals surface area contributed by atoms with Gasteiger partial charge in [-0.25, -0.2) is 0 Å². The van der Waals surface area contributed by atoms with E-state index in [0.29, 0.717) is 0 Å². The van der Waals surface area contributed by atoms with E-state index in [1.807, 2.05) is 0 Å². The second kappa shape index (κ2) is 3.76. The maximum Gasteiger partial charge on any atom is 0.311 e. The first kappa shape index (κ1) is 7.80. The summed E-state index contributed by atoms with van der Waals surface area (Å²) in [5, 5.41) is 6.46. The summed E-state index contributed by atoms with van der Waals surface area (Å²) < 4.78 is 0. The van der Waals surface area contributed by atoms with Gasteiger partial charge in [0.1, 0.15) is 6.04 Å². The Morgan fingerprint density at radius 2 is 1.67 bits per heavy atom. The molecule has 0 amide bonds. The maximum absolute atomic E-state index is 9.53. The Balaban J connectivity index is 3.92. The monoisotopic (exact) mass is 129 g/mol. The lowest BCUT2D eigenvalue weighted by atomic mass is 10.3. The molecule has 6 heteroatoms. The van der Waals surface area contributed by atoms with Gasteiger partial charge in [0.2, 0.25) is 0 Å². The van der Waals surface area contributed by atoms with Crippen LogP contribution >= 0.6 is 0 Å². The molecule has 6 nitrogen and oxygen atoms in total.